The van der Waals surface area contributed by atoms with E-state index in [9.17, 15) is 4.79 Å². The highest BCUT2D eigenvalue weighted by Gasteiger charge is 2.40. The molecule has 0 amide bonds. The Labute approximate surface area is 108 Å². The second-order valence-electron chi connectivity index (χ2n) is 5.26. The lowest BCUT2D eigenvalue weighted by Gasteiger charge is -2.42. The van der Waals surface area contributed by atoms with Gasteiger partial charge in [0.25, 0.3) is 0 Å². The minimum absolute atomic E-state index is 0.159. The van der Waals surface area contributed by atoms with E-state index in [2.05, 4.69) is 38.1 Å². The van der Waals surface area contributed by atoms with Crippen LogP contribution in [0.15, 0.2) is 24.3 Å². The monoisotopic (exact) mass is 248 g/mol. The number of hydrogen-bond acceptors (Lipinski definition) is 2. The quantitative estimate of drug-likeness (QED) is 0.869. The topological polar surface area (TPSA) is 46.5 Å². The highest BCUT2D eigenvalue weighted by atomic mass is 16.5. The molecule has 0 aliphatic carbocycles. The summed E-state index contributed by atoms with van der Waals surface area (Å²) in [5.41, 5.74) is 2.05. The van der Waals surface area contributed by atoms with Gasteiger partial charge in [-0.3, -0.25) is 4.79 Å². The summed E-state index contributed by atoms with van der Waals surface area (Å²) in [6.45, 7) is 5.05. The summed E-state index contributed by atoms with van der Waals surface area (Å²) in [4.78, 5) is 10.7. The molecule has 1 N–H and O–H groups in total. The van der Waals surface area contributed by atoms with Crippen LogP contribution in [-0.4, -0.2) is 17.7 Å². The van der Waals surface area contributed by atoms with Gasteiger partial charge in [0.2, 0.25) is 0 Å². The van der Waals surface area contributed by atoms with Crippen LogP contribution in [0.1, 0.15) is 50.2 Å². The minimum atomic E-state index is -0.760. The molecule has 0 radical (unpaired) electrons. The molecular weight excluding hydrogens is 228 g/mol. The maximum Gasteiger partial charge on any atom is 0.303 e. The Balaban J connectivity index is 2.14. The Morgan fingerprint density at radius 1 is 1.39 bits per heavy atom. The molecular formula is C15H20O3. The molecule has 1 unspecified atom stereocenters. The van der Waals surface area contributed by atoms with E-state index in [-0.39, 0.29) is 12.0 Å². The smallest absolute Gasteiger partial charge is 0.303 e. The van der Waals surface area contributed by atoms with Crippen LogP contribution in [0.25, 0.3) is 0 Å². The molecule has 1 atom stereocenters. The molecule has 1 saturated heterocycles. The van der Waals surface area contributed by atoms with Crippen LogP contribution >= 0.6 is 0 Å². The molecule has 1 aromatic carbocycles. The molecule has 0 saturated carbocycles. The molecule has 1 heterocycles. The van der Waals surface area contributed by atoms with Crippen molar-refractivity contribution in [1.29, 1.82) is 0 Å². The van der Waals surface area contributed by atoms with Crippen molar-refractivity contribution in [3.63, 3.8) is 0 Å². The summed E-state index contributed by atoms with van der Waals surface area (Å²) < 4.78 is 5.69. The molecule has 0 spiro atoms. The molecule has 0 bridgehead atoms. The van der Waals surface area contributed by atoms with E-state index in [1.54, 1.807) is 0 Å². The lowest BCUT2D eigenvalue weighted by molar-refractivity contribution is -0.165. The zero-order valence-corrected chi connectivity index (χ0v) is 11.0. The standard InChI is InChI=1S/C15H20O3/c1-11(2)12-3-5-13(6-4-12)15(9-10-18-15)8-7-14(16)17/h3-6,11H,7-10H2,1-2H3,(H,16,17). The molecule has 18 heavy (non-hydrogen) atoms. The van der Waals surface area contributed by atoms with Crippen molar-refractivity contribution in [2.75, 3.05) is 6.61 Å². The van der Waals surface area contributed by atoms with E-state index in [1.807, 2.05) is 0 Å². The third kappa shape index (κ3) is 2.56. The first-order valence-electron chi connectivity index (χ1n) is 6.50. The first kappa shape index (κ1) is 13.1. The maximum atomic E-state index is 10.7. The molecule has 1 aromatic rings. The lowest BCUT2D eigenvalue weighted by Crippen LogP contribution is -2.41. The zero-order valence-electron chi connectivity index (χ0n) is 11.0. The Kier molecular flexibility index (Phi) is 3.71. The van der Waals surface area contributed by atoms with Gasteiger partial charge in [0, 0.05) is 12.8 Å². The number of hydrogen-bond donors (Lipinski definition) is 1. The molecule has 98 valence electrons. The summed E-state index contributed by atoms with van der Waals surface area (Å²) in [5, 5.41) is 8.80. The molecule has 1 fully saturated rings. The molecule has 0 aromatic heterocycles. The molecule has 1 aliphatic heterocycles. The van der Waals surface area contributed by atoms with Gasteiger partial charge in [0.15, 0.2) is 0 Å². The fourth-order valence-corrected chi connectivity index (χ4v) is 2.40. The number of ether oxygens (including phenoxy) is 1. The van der Waals surface area contributed by atoms with E-state index in [4.69, 9.17) is 9.84 Å². The van der Waals surface area contributed by atoms with Crippen molar-refractivity contribution in [3.8, 4) is 0 Å². The van der Waals surface area contributed by atoms with Crippen LogP contribution in [0, 0.1) is 0 Å². The third-order valence-corrected chi connectivity index (χ3v) is 3.73. The van der Waals surface area contributed by atoms with Gasteiger partial charge in [-0.05, 0) is 23.5 Å². The second-order valence-corrected chi connectivity index (χ2v) is 5.26. The first-order valence-corrected chi connectivity index (χ1v) is 6.50. The van der Waals surface area contributed by atoms with E-state index in [0.717, 1.165) is 18.6 Å². The Bertz CT molecular complexity index is 416. The fraction of sp³-hybridized carbons (Fsp3) is 0.533. The second kappa shape index (κ2) is 5.11. The van der Waals surface area contributed by atoms with Crippen LogP contribution in [0.5, 0.6) is 0 Å². The summed E-state index contributed by atoms with van der Waals surface area (Å²) in [6.07, 6.45) is 1.64. The predicted octanol–water partition coefficient (Wildman–Crippen LogP) is 3.29. The van der Waals surface area contributed by atoms with E-state index >= 15 is 0 Å². The van der Waals surface area contributed by atoms with Crippen molar-refractivity contribution in [2.45, 2.75) is 44.6 Å². The van der Waals surface area contributed by atoms with E-state index in [1.165, 1.54) is 5.56 Å². The molecule has 1 aliphatic rings. The van der Waals surface area contributed by atoms with Gasteiger partial charge in [0.1, 0.15) is 0 Å². The molecule has 3 nitrogen and oxygen atoms in total. The predicted molar refractivity (Wildman–Crippen MR) is 69.6 cm³/mol. The van der Waals surface area contributed by atoms with E-state index < -0.39 is 5.97 Å². The van der Waals surface area contributed by atoms with Crippen molar-refractivity contribution in [1.82, 2.24) is 0 Å². The highest BCUT2D eigenvalue weighted by Crippen LogP contribution is 2.41. The Morgan fingerprint density at radius 2 is 2.00 bits per heavy atom. The van der Waals surface area contributed by atoms with Gasteiger partial charge in [-0.25, -0.2) is 0 Å². The van der Waals surface area contributed by atoms with Crippen LogP contribution in [0.4, 0.5) is 0 Å². The highest BCUT2D eigenvalue weighted by molar-refractivity contribution is 5.66. The van der Waals surface area contributed by atoms with Gasteiger partial charge in [-0.2, -0.15) is 0 Å². The lowest BCUT2D eigenvalue weighted by atomic mass is 9.82. The largest absolute Gasteiger partial charge is 0.481 e. The van der Waals surface area contributed by atoms with Crippen LogP contribution in [0.2, 0.25) is 0 Å². The van der Waals surface area contributed by atoms with Gasteiger partial charge in [-0.15, -0.1) is 0 Å². The number of aliphatic carboxylic acids is 1. The average molecular weight is 248 g/mol. The van der Waals surface area contributed by atoms with Crippen LogP contribution in [-0.2, 0) is 15.1 Å². The van der Waals surface area contributed by atoms with Gasteiger partial charge in [0.05, 0.1) is 12.2 Å². The molecule has 2 rings (SSSR count). The van der Waals surface area contributed by atoms with Crippen LogP contribution < -0.4 is 0 Å². The Hall–Kier alpha value is -1.35. The SMILES string of the molecule is CC(C)c1ccc(C2(CCC(=O)O)CCO2)cc1. The normalized spacial score (nSPS) is 22.8. The summed E-state index contributed by atoms with van der Waals surface area (Å²) in [7, 11) is 0. The van der Waals surface area contributed by atoms with Crippen molar-refractivity contribution in [2.24, 2.45) is 0 Å². The number of carboxylic acids is 1. The summed E-state index contributed by atoms with van der Waals surface area (Å²) in [5.74, 6) is -0.250. The zero-order chi connectivity index (χ0) is 13.2. The number of carboxylic acid groups (broad SMARTS) is 1. The van der Waals surface area contributed by atoms with Gasteiger partial charge < -0.3 is 9.84 Å². The third-order valence-electron chi connectivity index (χ3n) is 3.73. The Morgan fingerprint density at radius 3 is 2.39 bits per heavy atom. The summed E-state index contributed by atoms with van der Waals surface area (Å²) >= 11 is 0. The van der Waals surface area contributed by atoms with Crippen LogP contribution in [0.3, 0.4) is 0 Å². The number of benzene rings is 1. The molecule has 3 heteroatoms. The van der Waals surface area contributed by atoms with Gasteiger partial charge in [-0.1, -0.05) is 38.1 Å². The van der Waals surface area contributed by atoms with Crippen molar-refractivity contribution in [3.05, 3.63) is 35.4 Å². The average Bonchev–Trinajstić information content (AvgIpc) is 2.28. The van der Waals surface area contributed by atoms with Gasteiger partial charge >= 0.3 is 5.97 Å². The summed E-state index contributed by atoms with van der Waals surface area (Å²) in [6, 6.07) is 8.39. The van der Waals surface area contributed by atoms with E-state index in [0.29, 0.717) is 12.3 Å². The number of carbonyl (C=O) groups is 1. The fourth-order valence-electron chi connectivity index (χ4n) is 2.40. The van der Waals surface area contributed by atoms with Crippen molar-refractivity contribution >= 4 is 5.97 Å². The van der Waals surface area contributed by atoms with Crippen molar-refractivity contribution < 1.29 is 14.6 Å². The minimum Gasteiger partial charge on any atom is -0.481 e. The first-order chi connectivity index (χ1) is 8.53. The maximum absolute atomic E-state index is 10.7. The number of rotatable bonds is 5.